The summed E-state index contributed by atoms with van der Waals surface area (Å²) in [5, 5.41) is 20.1. The van der Waals surface area contributed by atoms with Crippen LogP contribution in [0.2, 0.25) is 0 Å². The van der Waals surface area contributed by atoms with Gasteiger partial charge in [0.05, 0.1) is 22.8 Å². The van der Waals surface area contributed by atoms with Gasteiger partial charge in [0, 0.05) is 19.2 Å². The fraction of sp³-hybridized carbons (Fsp3) is 0.455. The number of benzene rings is 1. The van der Waals surface area contributed by atoms with Gasteiger partial charge in [-0.1, -0.05) is 0 Å². The normalized spacial score (nSPS) is 12.5. The molecular weight excluding hydrogens is 300 g/mol. The van der Waals surface area contributed by atoms with Crippen LogP contribution in [0.1, 0.15) is 13.8 Å². The number of aliphatic hydroxyl groups excluding tert-OH is 1. The Hall–Kier alpha value is -1.75. The average molecular weight is 318 g/mol. The monoisotopic (exact) mass is 318 g/mol. The lowest BCUT2D eigenvalue weighted by Crippen LogP contribution is -2.47. The molecule has 0 aliphatic rings. The van der Waals surface area contributed by atoms with Crippen LogP contribution >= 0.6 is 0 Å². The number of nitrogens with zero attached hydrogens (tertiary/aromatic N) is 2. The van der Waals surface area contributed by atoms with Gasteiger partial charge in [0.2, 0.25) is 10.0 Å². The average Bonchev–Trinajstić information content (AvgIpc) is 2.45. The zero-order chi connectivity index (χ0) is 16.4. The molecule has 0 spiro atoms. The third-order valence-electron chi connectivity index (χ3n) is 3.21. The summed E-state index contributed by atoms with van der Waals surface area (Å²) >= 11 is 0. The van der Waals surface area contributed by atoms with Crippen LogP contribution in [0.5, 0.6) is 0 Å². The van der Waals surface area contributed by atoms with Crippen LogP contribution in [0.4, 0.5) is 11.4 Å². The Morgan fingerprint density at radius 3 is 2.48 bits per heavy atom. The van der Waals surface area contributed by atoms with Crippen LogP contribution in [0, 0.1) is 10.1 Å². The Morgan fingerprint density at radius 2 is 2.05 bits per heavy atom. The van der Waals surface area contributed by atoms with Gasteiger partial charge < -0.3 is 10.5 Å². The van der Waals surface area contributed by atoms with E-state index in [2.05, 4.69) is 5.43 Å². The van der Waals surface area contributed by atoms with Gasteiger partial charge in [-0.05, 0) is 19.9 Å². The van der Waals surface area contributed by atoms with E-state index in [9.17, 15) is 23.6 Å². The van der Waals surface area contributed by atoms with E-state index in [0.717, 1.165) is 16.4 Å². The molecule has 9 nitrogen and oxygen atoms in total. The third kappa shape index (κ3) is 3.29. The van der Waals surface area contributed by atoms with Crippen LogP contribution in [-0.4, -0.2) is 41.9 Å². The van der Waals surface area contributed by atoms with Crippen LogP contribution in [0.3, 0.4) is 0 Å². The fourth-order valence-corrected chi connectivity index (χ4v) is 3.21. The van der Waals surface area contributed by atoms with Gasteiger partial charge in [-0.15, -0.1) is 0 Å². The SMILES string of the molecule is CN(C(C)(C)CO)S(=O)(=O)c1cc([N+](=O)[O-])ccc1NN. The number of sulfonamides is 1. The van der Waals surface area contributed by atoms with Crippen molar-refractivity contribution in [1.29, 1.82) is 0 Å². The topological polar surface area (TPSA) is 139 Å². The molecule has 0 saturated carbocycles. The molecule has 118 valence electrons. The molecule has 0 radical (unpaired) electrons. The molecule has 0 aliphatic carbocycles. The number of anilines is 1. The first-order valence-electron chi connectivity index (χ1n) is 5.93. The van der Waals surface area contributed by atoms with Crippen molar-refractivity contribution in [1.82, 2.24) is 4.31 Å². The van der Waals surface area contributed by atoms with Crippen LogP contribution in [-0.2, 0) is 10.0 Å². The minimum atomic E-state index is -4.08. The van der Waals surface area contributed by atoms with Gasteiger partial charge in [-0.25, -0.2) is 8.42 Å². The van der Waals surface area contributed by atoms with Gasteiger partial charge in [0.25, 0.3) is 5.69 Å². The van der Waals surface area contributed by atoms with E-state index in [1.165, 1.54) is 27.0 Å². The van der Waals surface area contributed by atoms with Crippen molar-refractivity contribution in [2.45, 2.75) is 24.3 Å². The Morgan fingerprint density at radius 1 is 1.48 bits per heavy atom. The first kappa shape index (κ1) is 17.3. The standard InChI is InChI=1S/C11H18N4O5S/c1-11(2,7-16)14(3)21(19,20)10-6-8(15(17)18)4-5-9(10)13-12/h4-6,13,16H,7,12H2,1-3H3. The Kier molecular flexibility index (Phi) is 4.89. The molecule has 1 aromatic rings. The summed E-state index contributed by atoms with van der Waals surface area (Å²) in [6.45, 7) is 2.64. The van der Waals surface area contributed by atoms with E-state index in [-0.39, 0.29) is 16.3 Å². The van der Waals surface area contributed by atoms with Crippen molar-refractivity contribution in [3.8, 4) is 0 Å². The second kappa shape index (κ2) is 5.93. The minimum absolute atomic E-state index is 0.0289. The Bertz CT molecular complexity index is 644. The van der Waals surface area contributed by atoms with Crippen molar-refractivity contribution in [2.75, 3.05) is 19.1 Å². The maximum absolute atomic E-state index is 12.6. The third-order valence-corrected chi connectivity index (χ3v) is 5.32. The number of aliphatic hydroxyl groups is 1. The number of nitro benzene ring substituents is 1. The number of hydrogen-bond acceptors (Lipinski definition) is 7. The van der Waals surface area contributed by atoms with Gasteiger partial charge in [0.15, 0.2) is 0 Å². The lowest BCUT2D eigenvalue weighted by atomic mass is 10.1. The molecule has 0 bridgehead atoms. The van der Waals surface area contributed by atoms with E-state index < -0.39 is 27.1 Å². The maximum Gasteiger partial charge on any atom is 0.270 e. The molecule has 0 fully saturated rings. The number of rotatable bonds is 6. The van der Waals surface area contributed by atoms with E-state index in [4.69, 9.17) is 5.84 Å². The number of nitrogens with one attached hydrogen (secondary N) is 1. The quantitative estimate of drug-likeness (QED) is 0.388. The van der Waals surface area contributed by atoms with Crippen molar-refractivity contribution in [3.05, 3.63) is 28.3 Å². The van der Waals surface area contributed by atoms with E-state index in [1.807, 2.05) is 0 Å². The van der Waals surface area contributed by atoms with Gasteiger partial charge >= 0.3 is 0 Å². The molecule has 4 N–H and O–H groups in total. The molecule has 21 heavy (non-hydrogen) atoms. The number of non-ortho nitro benzene ring substituents is 1. The number of nitrogens with two attached hydrogens (primary N) is 1. The number of hydrogen-bond donors (Lipinski definition) is 3. The van der Waals surface area contributed by atoms with Crippen molar-refractivity contribution < 1.29 is 18.4 Å². The Balaban J connectivity index is 3.49. The first-order chi connectivity index (χ1) is 9.57. The highest BCUT2D eigenvalue weighted by molar-refractivity contribution is 7.89. The highest BCUT2D eigenvalue weighted by Gasteiger charge is 2.35. The molecular formula is C11H18N4O5S. The molecule has 0 saturated heterocycles. The van der Waals surface area contributed by atoms with E-state index in [0.29, 0.717) is 0 Å². The van der Waals surface area contributed by atoms with Gasteiger partial charge in [-0.2, -0.15) is 4.31 Å². The zero-order valence-corrected chi connectivity index (χ0v) is 12.7. The lowest BCUT2D eigenvalue weighted by Gasteiger charge is -2.33. The summed E-state index contributed by atoms with van der Waals surface area (Å²) < 4.78 is 26.1. The summed E-state index contributed by atoms with van der Waals surface area (Å²) in [6.07, 6.45) is 0. The van der Waals surface area contributed by atoms with Crippen LogP contribution in [0.15, 0.2) is 23.1 Å². The lowest BCUT2D eigenvalue weighted by molar-refractivity contribution is -0.385. The largest absolute Gasteiger partial charge is 0.394 e. The van der Waals surface area contributed by atoms with Gasteiger partial charge in [-0.3, -0.25) is 16.0 Å². The molecule has 10 heteroatoms. The molecule has 0 amide bonds. The van der Waals surface area contributed by atoms with E-state index >= 15 is 0 Å². The van der Waals surface area contributed by atoms with Gasteiger partial charge in [0.1, 0.15) is 4.90 Å². The Labute approximate surface area is 122 Å². The maximum atomic E-state index is 12.6. The first-order valence-corrected chi connectivity index (χ1v) is 7.37. The minimum Gasteiger partial charge on any atom is -0.394 e. The summed E-state index contributed by atoms with van der Waals surface area (Å²) in [7, 11) is -2.80. The smallest absolute Gasteiger partial charge is 0.270 e. The molecule has 0 aliphatic heterocycles. The summed E-state index contributed by atoms with van der Waals surface area (Å²) in [4.78, 5) is 9.78. The highest BCUT2D eigenvalue weighted by Crippen LogP contribution is 2.30. The van der Waals surface area contributed by atoms with Crippen molar-refractivity contribution in [2.24, 2.45) is 5.84 Å². The second-order valence-corrected chi connectivity index (χ2v) is 6.96. The van der Waals surface area contributed by atoms with Crippen LogP contribution < -0.4 is 11.3 Å². The number of nitro groups is 1. The zero-order valence-electron chi connectivity index (χ0n) is 11.9. The predicted molar refractivity (Wildman–Crippen MR) is 77.0 cm³/mol. The molecule has 0 unspecified atom stereocenters. The van der Waals surface area contributed by atoms with Crippen LogP contribution in [0.25, 0.3) is 0 Å². The molecule has 1 rings (SSSR count). The molecule has 0 aromatic heterocycles. The number of likely N-dealkylation sites (N-methyl/N-ethyl adjacent to an activating group) is 1. The summed E-state index contributed by atoms with van der Waals surface area (Å²) in [5.41, 5.74) is 0.784. The second-order valence-electron chi connectivity index (χ2n) is 5.02. The molecule has 0 heterocycles. The van der Waals surface area contributed by atoms with Crippen molar-refractivity contribution >= 4 is 21.4 Å². The molecule has 1 aromatic carbocycles. The summed E-state index contributed by atoms with van der Waals surface area (Å²) in [6, 6.07) is 3.28. The highest BCUT2D eigenvalue weighted by atomic mass is 32.2. The molecule has 0 atom stereocenters. The predicted octanol–water partition coefficient (Wildman–Crippen LogP) is 0.272. The van der Waals surface area contributed by atoms with E-state index in [1.54, 1.807) is 0 Å². The number of hydrazine groups is 1. The fourth-order valence-electron chi connectivity index (χ4n) is 1.53. The number of nitrogen functional groups attached to an aromatic ring is 1. The summed E-state index contributed by atoms with van der Waals surface area (Å²) in [5.74, 6) is 5.26. The van der Waals surface area contributed by atoms with Crippen molar-refractivity contribution in [3.63, 3.8) is 0 Å².